The summed E-state index contributed by atoms with van der Waals surface area (Å²) in [4.78, 5) is 6.04. The molecule has 1 atom stereocenters. The Morgan fingerprint density at radius 1 is 2.00 bits per heavy atom. The molecule has 4 heteroatoms. The Bertz CT molecular complexity index is 114. The molecule has 0 aromatic rings. The summed E-state index contributed by atoms with van der Waals surface area (Å²) in [6.45, 7) is 0. The zero-order valence-electron chi connectivity index (χ0n) is 2.94. The van der Waals surface area contributed by atoms with Crippen LogP contribution in [0.25, 0.3) is 10.4 Å². The van der Waals surface area contributed by atoms with Crippen LogP contribution in [0.3, 0.4) is 0 Å². The average Bonchev–Trinajstić information content (AvgIpc) is 2.21. The third-order valence-corrected chi connectivity index (χ3v) is 0.452. The van der Waals surface area contributed by atoms with E-state index in [-0.39, 0.29) is 6.17 Å². The van der Waals surface area contributed by atoms with Crippen molar-refractivity contribution in [2.75, 3.05) is 0 Å². The van der Waals surface area contributed by atoms with E-state index in [0.717, 1.165) is 0 Å². The van der Waals surface area contributed by atoms with Crippen LogP contribution in [0, 0.1) is 0 Å². The van der Waals surface area contributed by atoms with Crippen LogP contribution in [-0.2, 0) is 0 Å². The van der Waals surface area contributed by atoms with Gasteiger partial charge in [0.25, 0.3) is 0 Å². The van der Waals surface area contributed by atoms with E-state index in [1.807, 2.05) is 0 Å². The van der Waals surface area contributed by atoms with Gasteiger partial charge in [-0.15, -0.1) is 0 Å². The van der Waals surface area contributed by atoms with Gasteiger partial charge in [0.05, 0.1) is 0 Å². The van der Waals surface area contributed by atoms with Gasteiger partial charge >= 0.3 is 0 Å². The lowest BCUT2D eigenvalue weighted by Crippen LogP contribution is -1.70. The van der Waals surface area contributed by atoms with Gasteiger partial charge in [0.2, 0.25) is 0 Å². The lowest BCUT2D eigenvalue weighted by atomic mass is 10.8. The van der Waals surface area contributed by atoms with Crippen LogP contribution in [0.5, 0.6) is 0 Å². The lowest BCUT2D eigenvalue weighted by molar-refractivity contribution is 1.06. The van der Waals surface area contributed by atoms with Crippen molar-refractivity contribution in [2.45, 2.75) is 6.17 Å². The Labute approximate surface area is 34.1 Å². The third kappa shape index (κ3) is 0.471. The summed E-state index contributed by atoms with van der Waals surface area (Å²) in [5, 5.41) is 3.19. The summed E-state index contributed by atoms with van der Waals surface area (Å²) >= 11 is 0. The molecule has 4 nitrogen and oxygen atoms in total. The zero-order valence-corrected chi connectivity index (χ0v) is 2.94. The molecule has 0 aliphatic carbocycles. The Balaban J connectivity index is 2.36. The Morgan fingerprint density at radius 3 is 2.83 bits per heavy atom. The fraction of sp³-hybridized carbons (Fsp3) is 0.500. The van der Waals surface area contributed by atoms with E-state index in [9.17, 15) is 0 Å². The summed E-state index contributed by atoms with van der Waals surface area (Å²) in [6, 6.07) is 0. The van der Waals surface area contributed by atoms with Gasteiger partial charge in [0.15, 0.2) is 6.17 Å². The van der Waals surface area contributed by atoms with Gasteiger partial charge < -0.3 is 0 Å². The smallest absolute Gasteiger partial charge is 0.163 e. The molecule has 0 saturated carbocycles. The largest absolute Gasteiger partial charge is 0.280 e. The number of aliphatic imine (C=N–C) groups is 1. The molecule has 0 aromatic carbocycles. The number of hydrogen-bond donors (Lipinski definition) is 0. The molecular formula is C2H2N4. The molecule has 0 aromatic heterocycles. The Hall–Kier alpha value is -1.02. The fourth-order valence-corrected chi connectivity index (χ4v) is 0.151. The van der Waals surface area contributed by atoms with Crippen LogP contribution in [0.2, 0.25) is 0 Å². The van der Waals surface area contributed by atoms with Crippen molar-refractivity contribution in [1.82, 2.24) is 0 Å². The van der Waals surface area contributed by atoms with E-state index in [0.29, 0.717) is 0 Å². The highest BCUT2D eigenvalue weighted by Gasteiger charge is 2.06. The van der Waals surface area contributed by atoms with Gasteiger partial charge in [-0.25, -0.2) is 0 Å². The summed E-state index contributed by atoms with van der Waals surface area (Å²) in [5.41, 5.74) is 7.65. The highest BCUT2D eigenvalue weighted by molar-refractivity contribution is 5.77. The van der Waals surface area contributed by atoms with Crippen molar-refractivity contribution in [2.24, 2.45) is 10.1 Å². The van der Waals surface area contributed by atoms with Crippen LogP contribution in [0.15, 0.2) is 10.1 Å². The standard InChI is InChI=1S/C2H2N4/c3-6-5-2-1-4-2/h1-2H. The molecule has 0 spiro atoms. The Kier molecular flexibility index (Phi) is 0.524. The Morgan fingerprint density at radius 2 is 2.67 bits per heavy atom. The molecular weight excluding hydrogens is 80.0 g/mol. The van der Waals surface area contributed by atoms with Crippen LogP contribution >= 0.6 is 0 Å². The van der Waals surface area contributed by atoms with Gasteiger partial charge in [-0.2, -0.15) is 0 Å². The van der Waals surface area contributed by atoms with Crippen LogP contribution in [0.1, 0.15) is 0 Å². The third-order valence-electron chi connectivity index (χ3n) is 0.452. The molecule has 1 heterocycles. The predicted octanol–water partition coefficient (Wildman–Crippen LogP) is 0.707. The molecule has 0 radical (unpaired) electrons. The minimum atomic E-state index is -0.144. The summed E-state index contributed by atoms with van der Waals surface area (Å²) < 4.78 is 0. The van der Waals surface area contributed by atoms with Crippen molar-refractivity contribution in [3.8, 4) is 0 Å². The quantitative estimate of drug-likeness (QED) is 0.254. The SMILES string of the molecule is [N-]=[N+]=NC1C=N1. The average molecular weight is 82.1 g/mol. The first-order valence-electron chi connectivity index (χ1n) is 1.51. The maximum absolute atomic E-state index is 7.65. The minimum Gasteiger partial charge on any atom is -0.280 e. The lowest BCUT2D eigenvalue weighted by Gasteiger charge is -1.61. The molecule has 1 unspecified atom stereocenters. The second kappa shape index (κ2) is 0.988. The second-order valence-electron chi connectivity index (χ2n) is 0.917. The van der Waals surface area contributed by atoms with Crippen molar-refractivity contribution in [3.63, 3.8) is 0 Å². The summed E-state index contributed by atoms with van der Waals surface area (Å²) in [6.07, 6.45) is 1.44. The topological polar surface area (TPSA) is 61.1 Å². The minimum absolute atomic E-state index is 0.144. The zero-order chi connectivity index (χ0) is 4.41. The van der Waals surface area contributed by atoms with Crippen molar-refractivity contribution >= 4 is 6.21 Å². The normalized spacial score (nSPS) is 25.7. The second-order valence-corrected chi connectivity index (χ2v) is 0.917. The number of azide groups is 1. The van der Waals surface area contributed by atoms with Gasteiger partial charge in [0, 0.05) is 11.1 Å². The first-order valence-corrected chi connectivity index (χ1v) is 1.51. The van der Waals surface area contributed by atoms with E-state index in [2.05, 4.69) is 15.0 Å². The molecule has 6 heavy (non-hydrogen) atoms. The molecule has 0 saturated heterocycles. The number of hydrogen-bond acceptors (Lipinski definition) is 2. The van der Waals surface area contributed by atoms with Crippen molar-refractivity contribution < 1.29 is 0 Å². The van der Waals surface area contributed by atoms with Gasteiger partial charge in [-0.1, -0.05) is 5.11 Å². The van der Waals surface area contributed by atoms with Crippen LogP contribution in [0.4, 0.5) is 0 Å². The molecule has 0 N–H and O–H groups in total. The van der Waals surface area contributed by atoms with E-state index in [4.69, 9.17) is 5.53 Å². The molecule has 0 amide bonds. The van der Waals surface area contributed by atoms with Gasteiger partial charge in [-0.3, -0.25) is 4.99 Å². The number of rotatable bonds is 1. The molecule has 1 aliphatic heterocycles. The van der Waals surface area contributed by atoms with E-state index in [1.54, 1.807) is 6.21 Å². The molecule has 0 bridgehead atoms. The van der Waals surface area contributed by atoms with Gasteiger partial charge in [0.1, 0.15) is 0 Å². The first kappa shape index (κ1) is 3.18. The highest BCUT2D eigenvalue weighted by Crippen LogP contribution is 2.00. The van der Waals surface area contributed by atoms with Gasteiger partial charge in [-0.05, 0) is 5.53 Å². The van der Waals surface area contributed by atoms with Crippen LogP contribution < -0.4 is 0 Å². The molecule has 1 rings (SSSR count). The van der Waals surface area contributed by atoms with E-state index in [1.165, 1.54) is 0 Å². The first-order chi connectivity index (χ1) is 2.93. The summed E-state index contributed by atoms with van der Waals surface area (Å²) in [5.74, 6) is 0. The highest BCUT2D eigenvalue weighted by atomic mass is 15.2. The van der Waals surface area contributed by atoms with Crippen LogP contribution in [-0.4, -0.2) is 12.4 Å². The van der Waals surface area contributed by atoms with Crippen molar-refractivity contribution in [3.05, 3.63) is 10.4 Å². The predicted molar refractivity (Wildman–Crippen MR) is 21.4 cm³/mol. The fourth-order valence-electron chi connectivity index (χ4n) is 0.151. The molecule has 30 valence electrons. The van der Waals surface area contributed by atoms with E-state index >= 15 is 0 Å². The summed E-state index contributed by atoms with van der Waals surface area (Å²) in [7, 11) is 0. The molecule has 0 fully saturated rings. The maximum atomic E-state index is 7.65. The maximum Gasteiger partial charge on any atom is 0.163 e. The molecule has 1 aliphatic rings. The van der Waals surface area contributed by atoms with E-state index < -0.39 is 0 Å². The number of nitrogens with zero attached hydrogens (tertiary/aromatic N) is 4. The van der Waals surface area contributed by atoms with Crippen molar-refractivity contribution in [1.29, 1.82) is 0 Å². The monoisotopic (exact) mass is 82.0 g/mol.